The molecule has 0 aromatic carbocycles. The van der Waals surface area contributed by atoms with Gasteiger partial charge in [-0.25, -0.2) is 0 Å². The second-order valence-corrected chi connectivity index (χ2v) is 26.9. The Bertz CT molecular complexity index is 421. The summed E-state index contributed by atoms with van der Waals surface area (Å²) in [6.07, 6.45) is 0. The van der Waals surface area contributed by atoms with E-state index in [2.05, 4.69) is 78.7 Å². The van der Waals surface area contributed by atoms with Crippen LogP contribution in [0, 0.1) is 0 Å². The Morgan fingerprint density at radius 1 is 0.440 bits per heavy atom. The van der Waals surface area contributed by atoms with Crippen LogP contribution in [0.5, 0.6) is 0 Å². The van der Waals surface area contributed by atoms with E-state index in [1.54, 1.807) is 0 Å². The van der Waals surface area contributed by atoms with Crippen LogP contribution in [0.25, 0.3) is 0 Å². The molecule has 0 rings (SSSR count). The van der Waals surface area contributed by atoms with Crippen LogP contribution >= 0.6 is 0 Å². The lowest BCUT2D eigenvalue weighted by molar-refractivity contribution is 0.152. The molecule has 0 radical (unpaired) electrons. The van der Waals surface area contributed by atoms with Gasteiger partial charge in [-0.15, -0.1) is 26.3 Å². The third-order valence-electron chi connectivity index (χ3n) is 3.52. The average molecular weight is 433 g/mol. The van der Waals surface area contributed by atoms with E-state index in [4.69, 9.17) is 16.5 Å². The highest BCUT2D eigenvalue weighted by molar-refractivity contribution is 6.95. The van der Waals surface area contributed by atoms with E-state index in [0.717, 1.165) is 0 Å². The molecule has 4 nitrogen and oxygen atoms in total. The van der Waals surface area contributed by atoms with Gasteiger partial charge in [0, 0.05) is 0 Å². The molecule has 0 aliphatic carbocycles. The molecule has 0 aromatic rings. The molecule has 0 atom stereocenters. The predicted molar refractivity (Wildman–Crippen MR) is 121 cm³/mol. The van der Waals surface area contributed by atoms with E-state index in [1.165, 1.54) is 0 Å². The molecule has 144 valence electrons. The molecule has 0 saturated heterocycles. The van der Waals surface area contributed by atoms with Crippen LogP contribution in [-0.4, -0.2) is 42.3 Å². The topological polar surface area (TPSA) is 36.9 Å². The minimum atomic E-state index is -3.46. The number of rotatable bonds is 12. The van der Waals surface area contributed by atoms with Gasteiger partial charge in [0.1, 0.15) is 0 Å². The van der Waals surface area contributed by atoms with Crippen molar-refractivity contribution < 1.29 is 16.5 Å². The van der Waals surface area contributed by atoms with Crippen LogP contribution in [0.3, 0.4) is 0 Å². The largest absolute Gasteiger partial charge is 0.637 e. The van der Waals surface area contributed by atoms with Gasteiger partial charge in [0.15, 0.2) is 0 Å². The van der Waals surface area contributed by atoms with E-state index >= 15 is 0 Å². The number of hydrogen-bond acceptors (Lipinski definition) is 4. The van der Waals surface area contributed by atoms with E-state index < -0.39 is 42.3 Å². The zero-order chi connectivity index (χ0) is 20.2. The maximum atomic E-state index is 6.54. The van der Waals surface area contributed by atoms with Crippen molar-refractivity contribution in [3.8, 4) is 0 Å². The van der Waals surface area contributed by atoms with Crippen LogP contribution in [0.2, 0.25) is 52.4 Å². The third-order valence-corrected chi connectivity index (χ3v) is 19.9. The lowest BCUT2D eigenvalue weighted by atomic mass is 11.3. The average Bonchev–Trinajstić information content (AvgIpc) is 2.45. The van der Waals surface area contributed by atoms with Crippen LogP contribution in [0.15, 0.2) is 49.1 Å². The molecular weight excluding hydrogens is 397 g/mol. The van der Waals surface area contributed by atoms with E-state index in [9.17, 15) is 0 Å². The van der Waals surface area contributed by atoms with Gasteiger partial charge in [-0.2, -0.15) is 0 Å². The minimum Gasteiger partial charge on any atom is -0.392 e. The normalized spacial score (nSPS) is 14.1. The summed E-state index contributed by atoms with van der Waals surface area (Å²) in [7, 11) is -12.4. The predicted octanol–water partition coefficient (Wildman–Crippen LogP) is 5.21. The molecule has 25 heavy (non-hydrogen) atoms. The summed E-state index contributed by atoms with van der Waals surface area (Å²) in [6.45, 7) is 32.2. The molecule has 0 aromatic heterocycles. The quantitative estimate of drug-likeness (QED) is 0.397. The molecule has 0 heterocycles. The smallest absolute Gasteiger partial charge is 0.392 e. The standard InChI is InChI=1S/C16H36O4Si5/c1-13-21(5,6)17-25(18-22(7,8)14-2,19-23(9,10)15-3)20-24(11,12)16-4/h13-16H,1-4H2,5-12H3. The fraction of sp³-hybridized carbons (Fsp3) is 0.500. The summed E-state index contributed by atoms with van der Waals surface area (Å²) >= 11 is 0. The Morgan fingerprint density at radius 2 is 0.600 bits per heavy atom. The lowest BCUT2D eigenvalue weighted by Gasteiger charge is -2.44. The second kappa shape index (κ2) is 8.72. The number of hydrogen-bond donors (Lipinski definition) is 0. The second-order valence-electron chi connectivity index (χ2n) is 8.14. The van der Waals surface area contributed by atoms with Crippen LogP contribution in [-0.2, 0) is 16.5 Å². The fourth-order valence-corrected chi connectivity index (χ4v) is 16.5. The molecule has 0 aliphatic heterocycles. The zero-order valence-electron chi connectivity index (χ0n) is 17.3. The van der Waals surface area contributed by atoms with E-state index in [-0.39, 0.29) is 0 Å². The van der Waals surface area contributed by atoms with Gasteiger partial charge >= 0.3 is 9.05 Å². The summed E-state index contributed by atoms with van der Waals surface area (Å²) < 4.78 is 26.2. The Kier molecular flexibility index (Phi) is 8.67. The highest BCUT2D eigenvalue weighted by atomic mass is 28.5. The first-order valence-electron chi connectivity index (χ1n) is 8.42. The van der Waals surface area contributed by atoms with Gasteiger partial charge in [0.2, 0.25) is 33.3 Å². The first-order chi connectivity index (χ1) is 11.1. The summed E-state index contributed by atoms with van der Waals surface area (Å²) in [5.41, 5.74) is 7.49. The van der Waals surface area contributed by atoms with Gasteiger partial charge in [-0.1, -0.05) is 22.8 Å². The third kappa shape index (κ3) is 8.88. The SMILES string of the molecule is C=C[Si](C)(C)O[Si](O[Si](C)(C)C=C)(O[Si](C)(C)C=C)O[Si](C)(C)C=C. The van der Waals surface area contributed by atoms with Crippen molar-refractivity contribution in [2.75, 3.05) is 0 Å². The summed E-state index contributed by atoms with van der Waals surface area (Å²) in [4.78, 5) is 0. The van der Waals surface area contributed by atoms with Crippen molar-refractivity contribution >= 4 is 42.3 Å². The lowest BCUT2D eigenvalue weighted by Crippen LogP contribution is -2.66. The van der Waals surface area contributed by atoms with Crippen molar-refractivity contribution in [1.29, 1.82) is 0 Å². The molecule has 0 saturated carbocycles. The Hall–Kier alpha value is -0.116. The molecule has 0 fully saturated rings. The van der Waals surface area contributed by atoms with E-state index in [1.807, 2.05) is 22.8 Å². The van der Waals surface area contributed by atoms with Crippen molar-refractivity contribution in [3.05, 3.63) is 49.1 Å². The van der Waals surface area contributed by atoms with Crippen LogP contribution in [0.4, 0.5) is 0 Å². The fourth-order valence-electron chi connectivity index (χ4n) is 1.58. The Morgan fingerprint density at radius 3 is 0.720 bits per heavy atom. The first-order valence-corrected chi connectivity index (χ1v) is 22.0. The monoisotopic (exact) mass is 432 g/mol. The maximum absolute atomic E-state index is 6.54. The molecule has 9 heteroatoms. The summed E-state index contributed by atoms with van der Waals surface area (Å²) in [5.74, 6) is 0. The Labute approximate surface area is 160 Å². The molecular formula is C16H36O4Si5. The Balaban J connectivity index is 6.26. The summed E-state index contributed by atoms with van der Waals surface area (Å²) in [5, 5.41) is 0. The van der Waals surface area contributed by atoms with Gasteiger partial charge < -0.3 is 16.5 Å². The van der Waals surface area contributed by atoms with Gasteiger partial charge in [-0.05, 0) is 52.4 Å². The van der Waals surface area contributed by atoms with Crippen molar-refractivity contribution in [1.82, 2.24) is 0 Å². The highest BCUT2D eigenvalue weighted by Gasteiger charge is 2.56. The van der Waals surface area contributed by atoms with Crippen LogP contribution in [0.1, 0.15) is 0 Å². The molecule has 0 bridgehead atoms. The summed E-state index contributed by atoms with van der Waals surface area (Å²) in [6, 6.07) is 0. The van der Waals surface area contributed by atoms with Gasteiger partial charge in [0.05, 0.1) is 0 Å². The van der Waals surface area contributed by atoms with Crippen LogP contribution < -0.4 is 0 Å². The van der Waals surface area contributed by atoms with Crippen molar-refractivity contribution in [2.45, 2.75) is 52.4 Å². The first kappa shape index (κ1) is 24.9. The molecule has 0 aliphatic rings. The molecule has 0 amide bonds. The highest BCUT2D eigenvalue weighted by Crippen LogP contribution is 2.30. The molecule has 0 spiro atoms. The molecule has 0 N–H and O–H groups in total. The van der Waals surface area contributed by atoms with Gasteiger partial charge in [-0.3, -0.25) is 0 Å². The molecule has 0 unspecified atom stereocenters. The van der Waals surface area contributed by atoms with E-state index in [0.29, 0.717) is 0 Å². The van der Waals surface area contributed by atoms with Gasteiger partial charge in [0.25, 0.3) is 0 Å². The maximum Gasteiger partial charge on any atom is 0.637 e. The minimum absolute atomic E-state index is 1.87. The van der Waals surface area contributed by atoms with Crippen molar-refractivity contribution in [3.63, 3.8) is 0 Å². The van der Waals surface area contributed by atoms with Crippen molar-refractivity contribution in [2.24, 2.45) is 0 Å². The zero-order valence-corrected chi connectivity index (χ0v) is 22.3.